The largest absolute Gasteiger partial charge is 0.235 e. The van der Waals surface area contributed by atoms with Crippen molar-refractivity contribution in [2.45, 2.75) is 66.8 Å². The van der Waals surface area contributed by atoms with Crippen molar-refractivity contribution in [3.05, 3.63) is 34.9 Å². The van der Waals surface area contributed by atoms with Crippen LogP contribution in [0.1, 0.15) is 56.7 Å². The Bertz CT molecular complexity index is 683. The molecule has 0 radical (unpaired) electrons. The van der Waals surface area contributed by atoms with Crippen LogP contribution >= 0.6 is 0 Å². The van der Waals surface area contributed by atoms with E-state index in [1.807, 2.05) is 0 Å². The minimum atomic E-state index is -0.0653. The van der Waals surface area contributed by atoms with Crippen LogP contribution in [0.15, 0.2) is 28.2 Å². The topological polar surface area (TPSA) is 58.9 Å². The molecule has 136 valence electrons. The SMILES string of the molecule is CC1(C)CC(N=C=O)CC(C)(CN=C=O)C1.Cc1ccc(C)c(C)c1. The van der Waals surface area contributed by atoms with E-state index >= 15 is 0 Å². The Hall–Kier alpha value is -2.02. The summed E-state index contributed by atoms with van der Waals surface area (Å²) in [7, 11) is 0. The number of isocyanates is 2. The fourth-order valence-corrected chi connectivity index (χ4v) is 3.98. The number of aryl methyl sites for hydroxylation is 3. The van der Waals surface area contributed by atoms with E-state index in [2.05, 4.69) is 69.7 Å². The summed E-state index contributed by atoms with van der Waals surface area (Å²) >= 11 is 0. The van der Waals surface area contributed by atoms with Gasteiger partial charge in [-0.1, -0.05) is 44.5 Å². The first kappa shape index (κ1) is 21.0. The molecule has 1 aliphatic rings. The van der Waals surface area contributed by atoms with Gasteiger partial charge in [-0.15, -0.1) is 0 Å². The Kier molecular flexibility index (Phi) is 7.48. The van der Waals surface area contributed by atoms with Crippen molar-refractivity contribution in [3.63, 3.8) is 0 Å². The van der Waals surface area contributed by atoms with E-state index in [0.29, 0.717) is 6.54 Å². The molecule has 1 aromatic carbocycles. The lowest BCUT2D eigenvalue weighted by molar-refractivity contribution is 0.0915. The molecule has 1 saturated carbocycles. The number of nitrogens with zero attached hydrogens (tertiary/aromatic N) is 2. The highest BCUT2D eigenvalue weighted by molar-refractivity contribution is 5.34. The lowest BCUT2D eigenvalue weighted by Gasteiger charge is -2.44. The van der Waals surface area contributed by atoms with Gasteiger partial charge in [-0.2, -0.15) is 0 Å². The summed E-state index contributed by atoms with van der Waals surface area (Å²) in [5, 5.41) is 0. The summed E-state index contributed by atoms with van der Waals surface area (Å²) in [6.45, 7) is 13.3. The van der Waals surface area contributed by atoms with Crippen molar-refractivity contribution < 1.29 is 9.59 Å². The molecule has 4 nitrogen and oxygen atoms in total. The second-order valence-electron chi connectivity index (χ2n) is 8.43. The summed E-state index contributed by atoms with van der Waals surface area (Å²) in [5.74, 6) is 0. The third-order valence-corrected chi connectivity index (χ3v) is 4.84. The predicted molar refractivity (Wildman–Crippen MR) is 101 cm³/mol. The minimum Gasteiger partial charge on any atom is -0.211 e. The Balaban J connectivity index is 0.000000293. The van der Waals surface area contributed by atoms with Crippen molar-refractivity contribution in [1.82, 2.24) is 0 Å². The van der Waals surface area contributed by atoms with Gasteiger partial charge in [-0.3, -0.25) is 0 Å². The summed E-state index contributed by atoms with van der Waals surface area (Å²) < 4.78 is 0. The van der Waals surface area contributed by atoms with E-state index in [1.165, 1.54) is 16.7 Å². The van der Waals surface area contributed by atoms with Crippen molar-refractivity contribution in [2.75, 3.05) is 6.54 Å². The molecule has 25 heavy (non-hydrogen) atoms. The van der Waals surface area contributed by atoms with Crippen LogP contribution in [0.25, 0.3) is 0 Å². The van der Waals surface area contributed by atoms with Crippen LogP contribution in [0.3, 0.4) is 0 Å². The second kappa shape index (κ2) is 8.89. The van der Waals surface area contributed by atoms with Gasteiger partial charge in [0, 0.05) is 0 Å². The third-order valence-electron chi connectivity index (χ3n) is 4.84. The fourth-order valence-electron chi connectivity index (χ4n) is 3.98. The maximum Gasteiger partial charge on any atom is 0.235 e. The van der Waals surface area contributed by atoms with Crippen molar-refractivity contribution in [1.29, 1.82) is 0 Å². The van der Waals surface area contributed by atoms with Gasteiger partial charge in [0.1, 0.15) is 0 Å². The van der Waals surface area contributed by atoms with Gasteiger partial charge in [0.05, 0.1) is 12.6 Å². The zero-order valence-corrected chi connectivity index (χ0v) is 16.3. The van der Waals surface area contributed by atoms with E-state index in [4.69, 9.17) is 0 Å². The Morgan fingerprint density at radius 3 is 2.24 bits per heavy atom. The second-order valence-corrected chi connectivity index (χ2v) is 8.43. The van der Waals surface area contributed by atoms with Crippen molar-refractivity contribution in [2.24, 2.45) is 20.8 Å². The highest BCUT2D eigenvalue weighted by Crippen LogP contribution is 2.47. The van der Waals surface area contributed by atoms with Crippen molar-refractivity contribution >= 4 is 12.2 Å². The van der Waals surface area contributed by atoms with Gasteiger partial charge in [0.2, 0.25) is 12.2 Å². The van der Waals surface area contributed by atoms with E-state index in [-0.39, 0.29) is 16.9 Å². The third kappa shape index (κ3) is 7.17. The van der Waals surface area contributed by atoms with Crippen LogP contribution < -0.4 is 0 Å². The zero-order chi connectivity index (χ0) is 19.1. The van der Waals surface area contributed by atoms with Gasteiger partial charge in [0.15, 0.2) is 0 Å². The fraction of sp³-hybridized carbons (Fsp3) is 0.619. The molecular formula is C21H30N2O2. The van der Waals surface area contributed by atoms with Crippen LogP contribution in [0, 0.1) is 31.6 Å². The molecule has 0 saturated heterocycles. The van der Waals surface area contributed by atoms with Crippen LogP contribution in [-0.4, -0.2) is 24.7 Å². The summed E-state index contributed by atoms with van der Waals surface area (Å²) in [6, 6.07) is 6.51. The molecule has 0 spiro atoms. The average molecular weight is 342 g/mol. The number of benzene rings is 1. The molecule has 0 aliphatic heterocycles. The van der Waals surface area contributed by atoms with Gasteiger partial charge in [-0.05, 0) is 62.0 Å². The first-order valence-corrected chi connectivity index (χ1v) is 8.75. The number of aliphatic imine (C=N–C) groups is 2. The molecule has 1 aliphatic carbocycles. The lowest BCUT2D eigenvalue weighted by atomic mass is 9.63. The smallest absolute Gasteiger partial charge is 0.211 e. The van der Waals surface area contributed by atoms with E-state index < -0.39 is 0 Å². The Morgan fingerprint density at radius 2 is 1.72 bits per heavy atom. The maximum atomic E-state index is 10.3. The summed E-state index contributed by atoms with van der Waals surface area (Å²) in [6.07, 6.45) is 5.88. The number of hydrogen-bond acceptors (Lipinski definition) is 4. The highest BCUT2D eigenvalue weighted by atomic mass is 16.1. The number of rotatable bonds is 3. The quantitative estimate of drug-likeness (QED) is 0.582. The van der Waals surface area contributed by atoms with Crippen LogP contribution in [0.5, 0.6) is 0 Å². The molecule has 0 heterocycles. The molecule has 2 rings (SSSR count). The predicted octanol–water partition coefficient (Wildman–Crippen LogP) is 4.85. The first-order valence-electron chi connectivity index (χ1n) is 8.75. The molecule has 1 aromatic rings. The molecular weight excluding hydrogens is 312 g/mol. The van der Waals surface area contributed by atoms with Crippen LogP contribution in [0.2, 0.25) is 0 Å². The number of hydrogen-bond donors (Lipinski definition) is 0. The normalized spacial score (nSPS) is 24.2. The molecule has 2 unspecified atom stereocenters. The molecule has 0 amide bonds. The Morgan fingerprint density at radius 1 is 1.04 bits per heavy atom. The highest BCUT2D eigenvalue weighted by Gasteiger charge is 2.41. The molecule has 2 atom stereocenters. The van der Waals surface area contributed by atoms with Crippen molar-refractivity contribution in [3.8, 4) is 0 Å². The van der Waals surface area contributed by atoms with Crippen LogP contribution in [-0.2, 0) is 9.59 Å². The van der Waals surface area contributed by atoms with Gasteiger partial charge in [-0.25, -0.2) is 19.6 Å². The van der Waals surface area contributed by atoms with E-state index in [1.54, 1.807) is 12.2 Å². The first-order chi connectivity index (χ1) is 11.6. The van der Waals surface area contributed by atoms with Gasteiger partial charge < -0.3 is 0 Å². The molecule has 0 N–H and O–H groups in total. The van der Waals surface area contributed by atoms with E-state index in [0.717, 1.165) is 19.3 Å². The summed E-state index contributed by atoms with van der Waals surface area (Å²) in [4.78, 5) is 28.0. The molecule has 0 aromatic heterocycles. The molecule has 0 bridgehead atoms. The van der Waals surface area contributed by atoms with Crippen LogP contribution in [0.4, 0.5) is 0 Å². The molecule has 1 fully saturated rings. The Labute approximate surface area is 151 Å². The molecule has 4 heteroatoms. The number of carbonyl (C=O) groups excluding carboxylic acids is 2. The minimum absolute atomic E-state index is 0.00750. The maximum absolute atomic E-state index is 10.3. The van der Waals surface area contributed by atoms with E-state index in [9.17, 15) is 9.59 Å². The zero-order valence-electron chi connectivity index (χ0n) is 16.3. The van der Waals surface area contributed by atoms with Gasteiger partial charge >= 0.3 is 0 Å². The lowest BCUT2D eigenvalue weighted by Crippen LogP contribution is -2.39. The monoisotopic (exact) mass is 342 g/mol. The summed E-state index contributed by atoms with van der Waals surface area (Å²) in [5.41, 5.74) is 4.16. The standard InChI is InChI=1S/C12H18N2O2.C9H12/c1-11(2)4-10(14-9-16)5-12(3,6-11)7-13-8-15;1-7-4-5-8(2)9(3)6-7/h10H,4-7H2,1-3H3;4-6H,1-3H3. The van der Waals surface area contributed by atoms with Gasteiger partial charge in [0.25, 0.3) is 0 Å². The average Bonchev–Trinajstić information content (AvgIpc) is 2.48.